The molecule has 78 valence electrons. The maximum atomic E-state index is 5.60. The summed E-state index contributed by atoms with van der Waals surface area (Å²) in [4.78, 5) is 0. The highest BCUT2D eigenvalue weighted by molar-refractivity contribution is 8.00. The Morgan fingerprint density at radius 3 is 2.73 bits per heavy atom. The van der Waals surface area contributed by atoms with Crippen LogP contribution in [0.25, 0.3) is 0 Å². The Labute approximate surface area is 98.3 Å². The summed E-state index contributed by atoms with van der Waals surface area (Å²) in [6.45, 7) is 0.623. The number of nitrogens with two attached hydrogens (primary N) is 1. The molecule has 3 heteroatoms. The summed E-state index contributed by atoms with van der Waals surface area (Å²) in [5.74, 6) is 1.02. The average Bonchev–Trinajstić information content (AvgIpc) is 2.79. The lowest BCUT2D eigenvalue weighted by atomic mass is 10.1. The van der Waals surface area contributed by atoms with E-state index in [2.05, 4.69) is 41.8 Å². The Kier molecular flexibility index (Phi) is 3.83. The minimum Gasteiger partial charge on any atom is -0.326 e. The topological polar surface area (TPSA) is 26.0 Å². The monoisotopic (exact) mass is 235 g/mol. The molecule has 0 aliphatic heterocycles. The Bertz CT molecular complexity index is 409. The Morgan fingerprint density at radius 1 is 1.13 bits per heavy atom. The molecule has 0 fully saturated rings. The zero-order valence-corrected chi connectivity index (χ0v) is 9.98. The second-order valence-electron chi connectivity index (χ2n) is 3.24. The molecule has 0 saturated heterocycles. The van der Waals surface area contributed by atoms with Crippen molar-refractivity contribution in [1.82, 2.24) is 0 Å². The molecule has 0 radical (unpaired) electrons. The van der Waals surface area contributed by atoms with Crippen LogP contribution in [0.5, 0.6) is 0 Å². The predicted molar refractivity (Wildman–Crippen MR) is 68.2 cm³/mol. The Hall–Kier alpha value is -0.770. The van der Waals surface area contributed by atoms with E-state index in [0.29, 0.717) is 6.54 Å². The van der Waals surface area contributed by atoms with Gasteiger partial charge >= 0.3 is 0 Å². The van der Waals surface area contributed by atoms with Gasteiger partial charge in [0.15, 0.2) is 0 Å². The van der Waals surface area contributed by atoms with Crippen LogP contribution < -0.4 is 5.73 Å². The number of hydrogen-bond donors (Lipinski definition) is 1. The Morgan fingerprint density at radius 2 is 2.00 bits per heavy atom. The molecule has 0 atom stereocenters. The van der Waals surface area contributed by atoms with Gasteiger partial charge in [0.2, 0.25) is 0 Å². The van der Waals surface area contributed by atoms with Crippen LogP contribution >= 0.6 is 23.1 Å². The Balaban J connectivity index is 1.98. The first-order chi connectivity index (χ1) is 7.38. The van der Waals surface area contributed by atoms with Crippen molar-refractivity contribution in [2.45, 2.75) is 16.5 Å². The van der Waals surface area contributed by atoms with Crippen molar-refractivity contribution in [3.8, 4) is 0 Å². The molecule has 0 amide bonds. The lowest BCUT2D eigenvalue weighted by Gasteiger charge is -2.02. The molecule has 0 spiro atoms. The van der Waals surface area contributed by atoms with Gasteiger partial charge in [-0.05, 0) is 22.6 Å². The van der Waals surface area contributed by atoms with Crippen molar-refractivity contribution in [3.05, 3.63) is 52.9 Å². The highest BCUT2D eigenvalue weighted by Gasteiger charge is 1.97. The maximum absolute atomic E-state index is 5.60. The minimum atomic E-state index is 0.623. The third-order valence-corrected chi connectivity index (χ3v) is 4.31. The summed E-state index contributed by atoms with van der Waals surface area (Å²) in [6.07, 6.45) is 0. The van der Waals surface area contributed by atoms with Crippen LogP contribution in [-0.2, 0) is 12.3 Å². The fourth-order valence-electron chi connectivity index (χ4n) is 1.35. The van der Waals surface area contributed by atoms with Gasteiger partial charge < -0.3 is 5.73 Å². The highest BCUT2D eigenvalue weighted by atomic mass is 32.2. The van der Waals surface area contributed by atoms with Crippen molar-refractivity contribution >= 4 is 23.1 Å². The number of rotatable bonds is 4. The summed E-state index contributed by atoms with van der Waals surface area (Å²) in [7, 11) is 0. The van der Waals surface area contributed by atoms with Gasteiger partial charge in [0.25, 0.3) is 0 Å². The molecule has 0 unspecified atom stereocenters. The van der Waals surface area contributed by atoms with Crippen molar-refractivity contribution in [2.75, 3.05) is 0 Å². The molecule has 0 saturated carbocycles. The van der Waals surface area contributed by atoms with Crippen molar-refractivity contribution in [2.24, 2.45) is 5.73 Å². The molecular formula is C12H13NS2. The van der Waals surface area contributed by atoms with E-state index < -0.39 is 0 Å². The van der Waals surface area contributed by atoms with Crippen LogP contribution in [0.1, 0.15) is 11.1 Å². The van der Waals surface area contributed by atoms with E-state index in [1.54, 1.807) is 11.3 Å². The maximum Gasteiger partial charge on any atom is 0.0601 e. The van der Waals surface area contributed by atoms with Crippen LogP contribution in [0.2, 0.25) is 0 Å². The van der Waals surface area contributed by atoms with E-state index in [4.69, 9.17) is 5.73 Å². The third kappa shape index (κ3) is 3.09. The second-order valence-corrected chi connectivity index (χ2v) is 5.47. The largest absolute Gasteiger partial charge is 0.326 e. The van der Waals surface area contributed by atoms with Crippen LogP contribution in [-0.4, -0.2) is 0 Å². The molecule has 0 aliphatic carbocycles. The van der Waals surface area contributed by atoms with Crippen LogP contribution in [0.15, 0.2) is 46.0 Å². The van der Waals surface area contributed by atoms with Crippen LogP contribution in [0.4, 0.5) is 0 Å². The normalized spacial score (nSPS) is 10.5. The molecule has 1 aromatic heterocycles. The number of thiophene rings is 1. The van der Waals surface area contributed by atoms with Crippen molar-refractivity contribution < 1.29 is 0 Å². The first kappa shape index (κ1) is 10.7. The van der Waals surface area contributed by atoms with Gasteiger partial charge in [-0.1, -0.05) is 30.3 Å². The molecule has 1 aromatic carbocycles. The summed E-state index contributed by atoms with van der Waals surface area (Å²) >= 11 is 3.67. The van der Waals surface area contributed by atoms with E-state index in [1.165, 1.54) is 15.3 Å². The summed E-state index contributed by atoms with van der Waals surface area (Å²) < 4.78 is 1.37. The standard InChI is InChI=1S/C12H13NS2/c13-8-10-3-1-4-11(7-10)9-15-12-5-2-6-14-12/h1-7H,8-9,13H2. The molecule has 0 aliphatic rings. The third-order valence-electron chi connectivity index (χ3n) is 2.10. The van der Waals surface area contributed by atoms with Crippen molar-refractivity contribution in [3.63, 3.8) is 0 Å². The molecular weight excluding hydrogens is 222 g/mol. The van der Waals surface area contributed by atoms with E-state index >= 15 is 0 Å². The number of thioether (sulfide) groups is 1. The first-order valence-electron chi connectivity index (χ1n) is 4.82. The first-order valence-corrected chi connectivity index (χ1v) is 6.69. The summed E-state index contributed by atoms with van der Waals surface area (Å²) in [6, 6.07) is 12.7. The van der Waals surface area contributed by atoms with E-state index in [9.17, 15) is 0 Å². The van der Waals surface area contributed by atoms with E-state index in [-0.39, 0.29) is 0 Å². The molecule has 2 aromatic rings. The zero-order chi connectivity index (χ0) is 10.5. The quantitative estimate of drug-likeness (QED) is 0.821. The SMILES string of the molecule is NCc1cccc(CSc2cccs2)c1. The number of benzene rings is 1. The molecule has 1 nitrogen and oxygen atoms in total. The van der Waals surface area contributed by atoms with Gasteiger partial charge in [-0.25, -0.2) is 0 Å². The molecule has 2 rings (SSSR count). The molecule has 0 bridgehead atoms. The summed E-state index contributed by atoms with van der Waals surface area (Å²) in [5.41, 5.74) is 8.16. The lowest BCUT2D eigenvalue weighted by Crippen LogP contribution is -1.96. The number of hydrogen-bond acceptors (Lipinski definition) is 3. The smallest absolute Gasteiger partial charge is 0.0601 e. The van der Waals surface area contributed by atoms with E-state index in [1.807, 2.05) is 11.8 Å². The summed E-state index contributed by atoms with van der Waals surface area (Å²) in [5, 5.41) is 2.11. The molecule has 2 N–H and O–H groups in total. The zero-order valence-electron chi connectivity index (χ0n) is 8.35. The fraction of sp³-hybridized carbons (Fsp3) is 0.167. The van der Waals surface area contributed by atoms with Gasteiger partial charge in [-0.2, -0.15) is 0 Å². The van der Waals surface area contributed by atoms with Crippen LogP contribution in [0, 0.1) is 0 Å². The van der Waals surface area contributed by atoms with Crippen molar-refractivity contribution in [1.29, 1.82) is 0 Å². The van der Waals surface area contributed by atoms with Gasteiger partial charge in [0.1, 0.15) is 0 Å². The van der Waals surface area contributed by atoms with Crippen LogP contribution in [0.3, 0.4) is 0 Å². The minimum absolute atomic E-state index is 0.623. The lowest BCUT2D eigenvalue weighted by molar-refractivity contribution is 1.06. The van der Waals surface area contributed by atoms with Gasteiger partial charge in [-0.15, -0.1) is 23.1 Å². The molecule has 15 heavy (non-hydrogen) atoms. The van der Waals surface area contributed by atoms with Gasteiger partial charge in [-0.3, -0.25) is 0 Å². The van der Waals surface area contributed by atoms with Gasteiger partial charge in [0, 0.05) is 12.3 Å². The molecule has 1 heterocycles. The second kappa shape index (κ2) is 5.35. The predicted octanol–water partition coefficient (Wildman–Crippen LogP) is 3.50. The van der Waals surface area contributed by atoms with E-state index in [0.717, 1.165) is 5.75 Å². The van der Waals surface area contributed by atoms with Gasteiger partial charge in [0.05, 0.1) is 4.21 Å². The fourth-order valence-corrected chi connectivity index (χ4v) is 3.07. The highest BCUT2D eigenvalue weighted by Crippen LogP contribution is 2.27. The average molecular weight is 235 g/mol.